The number of halogens is 1. The van der Waals surface area contributed by atoms with Crippen LogP contribution in [0.5, 0.6) is 0 Å². The molecule has 48 heavy (non-hydrogen) atoms. The third-order valence-electron chi connectivity index (χ3n) is 8.91. The van der Waals surface area contributed by atoms with E-state index in [-0.39, 0.29) is 42.5 Å². The highest BCUT2D eigenvalue weighted by molar-refractivity contribution is 7.13. The highest BCUT2D eigenvalue weighted by Gasteiger charge is 2.44. The normalized spacial score (nSPS) is 20.0. The van der Waals surface area contributed by atoms with E-state index in [1.807, 2.05) is 69.3 Å². The summed E-state index contributed by atoms with van der Waals surface area (Å²) in [5.74, 6) is -0.747. The Morgan fingerprint density at radius 1 is 1.10 bits per heavy atom. The lowest BCUT2D eigenvalue weighted by Crippen LogP contribution is -2.59. The number of hydrogen-bond donors (Lipinski definition) is 4. The van der Waals surface area contributed by atoms with Gasteiger partial charge < -0.3 is 31.3 Å². The van der Waals surface area contributed by atoms with Gasteiger partial charge in [0.05, 0.1) is 40.5 Å². The summed E-state index contributed by atoms with van der Waals surface area (Å²) in [6, 6.07) is 7.53. The maximum Gasteiger partial charge on any atom is 0.246 e. The Hall–Kier alpha value is -3.85. The van der Waals surface area contributed by atoms with Crippen LogP contribution in [0.2, 0.25) is 5.15 Å². The number of aryl methyl sites for hydroxylation is 1. The topological polar surface area (TPSA) is 170 Å². The molecule has 4 heterocycles. The van der Waals surface area contributed by atoms with E-state index in [4.69, 9.17) is 17.3 Å². The number of likely N-dealkylation sites (tertiary alicyclic amines) is 1. The number of nitrogens with zero attached hydrogens (tertiary/aromatic N) is 6. The second-order valence-electron chi connectivity index (χ2n) is 13.6. The van der Waals surface area contributed by atoms with Crippen molar-refractivity contribution in [3.63, 3.8) is 0 Å². The molecule has 1 aromatic carbocycles. The Labute approximate surface area is 289 Å². The summed E-state index contributed by atoms with van der Waals surface area (Å²) in [5.41, 5.74) is 10.8. The number of anilines is 2. The molecule has 4 atom stereocenters. The zero-order valence-corrected chi connectivity index (χ0v) is 29.5. The molecule has 13 nitrogen and oxygen atoms in total. The van der Waals surface area contributed by atoms with Gasteiger partial charge in [0.25, 0.3) is 0 Å². The number of nitrogens with one attached hydrogen (secondary N) is 2. The van der Waals surface area contributed by atoms with Crippen molar-refractivity contribution in [2.24, 2.45) is 5.41 Å². The van der Waals surface area contributed by atoms with Crippen molar-refractivity contribution >= 4 is 52.2 Å². The quantitative estimate of drug-likeness (QED) is 0.261. The summed E-state index contributed by atoms with van der Waals surface area (Å²) in [7, 11) is 0. The first-order valence-corrected chi connectivity index (χ1v) is 17.3. The van der Waals surface area contributed by atoms with Crippen molar-refractivity contribution in [1.29, 1.82) is 0 Å². The Kier molecular flexibility index (Phi) is 10.9. The molecule has 0 saturated carbocycles. The number of piperazine rings is 1. The number of aromatic nitrogens is 3. The standard InChI is InChI=1S/C33H44ClN9O4S/c1-19(21-6-8-22(9-7-21)28-20(2)36-18-48-28)37-31(46)25-14-23(44)16-43(25)32(47)29(33(3,4)5)38-27(45)17-41-10-12-42(13-11-41)24-15-26(34)39-40-30(24)35/h6-9,15,18-19,23,25,29,44H,10-14,16-17H2,1-5H3,(H2,35,40)(H,37,46)(H,38,45)/t19?,23-,25+,29?/m1/s1. The molecule has 0 aliphatic carbocycles. The largest absolute Gasteiger partial charge is 0.391 e. The molecular weight excluding hydrogens is 654 g/mol. The Morgan fingerprint density at radius 2 is 1.79 bits per heavy atom. The lowest BCUT2D eigenvalue weighted by molar-refractivity contribution is -0.144. The van der Waals surface area contributed by atoms with E-state index in [2.05, 4.69) is 30.7 Å². The maximum atomic E-state index is 14.0. The second-order valence-corrected chi connectivity index (χ2v) is 14.8. The number of aliphatic hydroxyl groups excluding tert-OH is 1. The molecule has 0 spiro atoms. The first-order chi connectivity index (χ1) is 22.7. The molecule has 3 amide bonds. The van der Waals surface area contributed by atoms with E-state index < -0.39 is 29.5 Å². The number of carbonyl (C=O) groups is 3. The monoisotopic (exact) mass is 697 g/mol. The van der Waals surface area contributed by atoms with Crippen molar-refractivity contribution in [2.45, 2.75) is 65.3 Å². The van der Waals surface area contributed by atoms with Crippen LogP contribution >= 0.6 is 22.9 Å². The Balaban J connectivity index is 1.19. The van der Waals surface area contributed by atoms with Crippen molar-refractivity contribution < 1.29 is 19.5 Å². The molecule has 258 valence electrons. The van der Waals surface area contributed by atoms with E-state index in [1.165, 1.54) is 4.90 Å². The van der Waals surface area contributed by atoms with Crippen LogP contribution in [0.25, 0.3) is 10.4 Å². The van der Waals surface area contributed by atoms with Gasteiger partial charge in [0.2, 0.25) is 17.7 Å². The molecule has 3 aromatic rings. The van der Waals surface area contributed by atoms with E-state index in [1.54, 1.807) is 17.4 Å². The van der Waals surface area contributed by atoms with E-state index >= 15 is 0 Å². The fourth-order valence-corrected chi connectivity index (χ4v) is 7.15. The van der Waals surface area contributed by atoms with Gasteiger partial charge in [-0.3, -0.25) is 19.3 Å². The molecule has 15 heteroatoms. The van der Waals surface area contributed by atoms with Crippen molar-refractivity contribution in [1.82, 2.24) is 35.6 Å². The summed E-state index contributed by atoms with van der Waals surface area (Å²) >= 11 is 7.59. The molecular formula is C33H44ClN9O4S. The maximum absolute atomic E-state index is 14.0. The minimum Gasteiger partial charge on any atom is -0.391 e. The van der Waals surface area contributed by atoms with Crippen LogP contribution in [0.1, 0.15) is 51.4 Å². The molecule has 0 bridgehead atoms. The van der Waals surface area contributed by atoms with Gasteiger partial charge in [-0.25, -0.2) is 4.98 Å². The molecule has 2 fully saturated rings. The zero-order chi connectivity index (χ0) is 34.7. The lowest BCUT2D eigenvalue weighted by Gasteiger charge is -2.37. The van der Waals surface area contributed by atoms with Gasteiger partial charge in [-0.15, -0.1) is 21.5 Å². The summed E-state index contributed by atoms with van der Waals surface area (Å²) < 4.78 is 0. The van der Waals surface area contributed by atoms with Crippen molar-refractivity contribution in [3.05, 3.63) is 52.3 Å². The number of nitrogen functional groups attached to an aromatic ring is 1. The highest BCUT2D eigenvalue weighted by Crippen LogP contribution is 2.30. The number of β-amino-alcohol motifs (C(OH)–C–C–N with tert-alkyl or cyclic N) is 1. The van der Waals surface area contributed by atoms with Crippen LogP contribution in [0.4, 0.5) is 11.5 Å². The first kappa shape index (κ1) is 35.5. The fraction of sp³-hybridized carbons (Fsp3) is 0.515. The number of rotatable bonds is 9. The van der Waals surface area contributed by atoms with Crippen LogP contribution < -0.4 is 21.3 Å². The molecule has 2 aliphatic heterocycles. The van der Waals surface area contributed by atoms with Gasteiger partial charge in [0.15, 0.2) is 11.0 Å². The lowest BCUT2D eigenvalue weighted by atomic mass is 9.85. The molecule has 5 rings (SSSR count). The predicted octanol–water partition coefficient (Wildman–Crippen LogP) is 2.64. The van der Waals surface area contributed by atoms with Crippen LogP contribution in [0, 0.1) is 12.3 Å². The third kappa shape index (κ3) is 8.23. The predicted molar refractivity (Wildman–Crippen MR) is 186 cm³/mol. The van der Waals surface area contributed by atoms with E-state index in [0.717, 1.165) is 21.7 Å². The van der Waals surface area contributed by atoms with Gasteiger partial charge in [0.1, 0.15) is 12.1 Å². The van der Waals surface area contributed by atoms with Crippen molar-refractivity contribution in [3.8, 4) is 10.4 Å². The van der Waals surface area contributed by atoms with Crippen molar-refractivity contribution in [2.75, 3.05) is 49.9 Å². The number of thiazole rings is 1. The van der Waals surface area contributed by atoms with Crippen LogP contribution in [-0.2, 0) is 14.4 Å². The average Bonchev–Trinajstić information content (AvgIpc) is 3.66. The summed E-state index contributed by atoms with van der Waals surface area (Å²) in [6.45, 7) is 12.0. The fourth-order valence-electron chi connectivity index (χ4n) is 6.19. The Morgan fingerprint density at radius 3 is 2.42 bits per heavy atom. The van der Waals surface area contributed by atoms with Crippen LogP contribution in [0.3, 0.4) is 0 Å². The van der Waals surface area contributed by atoms with Gasteiger partial charge in [-0.2, -0.15) is 0 Å². The average molecular weight is 698 g/mol. The van der Waals surface area contributed by atoms with E-state index in [0.29, 0.717) is 37.7 Å². The summed E-state index contributed by atoms with van der Waals surface area (Å²) in [6.07, 6.45) is -0.736. The zero-order valence-electron chi connectivity index (χ0n) is 27.9. The molecule has 2 aromatic heterocycles. The smallest absolute Gasteiger partial charge is 0.246 e. The van der Waals surface area contributed by atoms with Gasteiger partial charge in [0, 0.05) is 45.2 Å². The number of amides is 3. The Bertz CT molecular complexity index is 1620. The van der Waals surface area contributed by atoms with Gasteiger partial charge in [-0.1, -0.05) is 56.6 Å². The van der Waals surface area contributed by atoms with Crippen LogP contribution in [-0.4, -0.2) is 105 Å². The number of carbonyl (C=O) groups excluding carboxylic acids is 3. The number of aliphatic hydroxyl groups is 1. The number of nitrogens with two attached hydrogens (primary N) is 1. The summed E-state index contributed by atoms with van der Waals surface area (Å²) in [5, 5.41) is 24.5. The number of benzene rings is 1. The minimum absolute atomic E-state index is 0.00954. The van der Waals surface area contributed by atoms with Gasteiger partial charge in [-0.05, 0) is 30.4 Å². The van der Waals surface area contributed by atoms with Gasteiger partial charge >= 0.3 is 0 Å². The minimum atomic E-state index is -0.906. The molecule has 0 radical (unpaired) electrons. The molecule has 2 aliphatic rings. The third-order valence-corrected chi connectivity index (χ3v) is 10.1. The van der Waals surface area contributed by atoms with E-state index in [9.17, 15) is 19.5 Å². The second kappa shape index (κ2) is 14.7. The van der Waals surface area contributed by atoms with Crippen LogP contribution in [0.15, 0.2) is 35.8 Å². The molecule has 2 unspecified atom stereocenters. The number of hydrogen-bond acceptors (Lipinski definition) is 11. The first-order valence-electron chi connectivity index (χ1n) is 16.1. The summed E-state index contributed by atoms with van der Waals surface area (Å²) in [4.78, 5) is 51.8. The SMILES string of the molecule is Cc1ncsc1-c1ccc(C(C)NC(=O)[C@@H]2C[C@@H](O)CN2C(=O)C(NC(=O)CN2CCN(c3cc(Cl)nnc3N)CC2)C(C)(C)C)cc1. The molecule has 2 saturated heterocycles. The highest BCUT2D eigenvalue weighted by atomic mass is 35.5. The molecule has 5 N–H and O–H groups in total.